The van der Waals surface area contributed by atoms with Crippen LogP contribution in [0.2, 0.25) is 0 Å². The first-order valence-electron chi connectivity index (χ1n) is 10.1. The SMILES string of the molecule is O=C(O)c1cn(C2CC2)c2nc(N3CCNC(c4ccc(F)cc4)C3)c(F)cc2c1=O. The van der Waals surface area contributed by atoms with E-state index in [1.165, 1.54) is 18.3 Å². The largest absolute Gasteiger partial charge is 0.477 e. The molecule has 0 radical (unpaired) electrons. The summed E-state index contributed by atoms with van der Waals surface area (Å²) in [6.07, 6.45) is 3.02. The summed E-state index contributed by atoms with van der Waals surface area (Å²) in [7, 11) is 0. The van der Waals surface area contributed by atoms with Gasteiger partial charge in [-0.25, -0.2) is 18.6 Å². The molecule has 7 nitrogen and oxygen atoms in total. The number of aromatic carboxylic acids is 1. The summed E-state index contributed by atoms with van der Waals surface area (Å²) < 4.78 is 30.0. The predicted octanol–water partition coefficient (Wildman–Crippen LogP) is 2.86. The molecule has 1 saturated heterocycles. The van der Waals surface area contributed by atoms with E-state index >= 15 is 4.39 Å². The van der Waals surface area contributed by atoms with Crippen molar-refractivity contribution in [3.63, 3.8) is 0 Å². The van der Waals surface area contributed by atoms with Crippen LogP contribution < -0.4 is 15.6 Å². The fourth-order valence-corrected chi connectivity index (χ4v) is 4.10. The molecule has 2 fully saturated rings. The van der Waals surface area contributed by atoms with Gasteiger partial charge in [-0.15, -0.1) is 0 Å². The molecular formula is C22H20F2N4O3. The fourth-order valence-electron chi connectivity index (χ4n) is 4.10. The van der Waals surface area contributed by atoms with Crippen LogP contribution in [0.5, 0.6) is 0 Å². The number of benzene rings is 1. The number of pyridine rings is 2. The molecule has 1 atom stereocenters. The minimum atomic E-state index is -1.34. The van der Waals surface area contributed by atoms with E-state index in [1.807, 2.05) is 0 Å². The maximum absolute atomic E-state index is 15.1. The molecule has 2 aliphatic rings. The van der Waals surface area contributed by atoms with Gasteiger partial charge >= 0.3 is 5.97 Å². The van der Waals surface area contributed by atoms with Crippen LogP contribution in [0.1, 0.15) is 40.8 Å². The number of nitrogens with one attached hydrogen (secondary N) is 1. The standard InChI is InChI=1S/C22H20F2N4O3/c23-13-3-1-12(2-4-13)18-11-27(8-7-25-18)21-17(24)9-15-19(29)16(22(30)31)10-28(14-5-6-14)20(15)26-21/h1-4,9-10,14,18,25H,5-8,11H2,(H,30,31). The number of anilines is 1. The van der Waals surface area contributed by atoms with Gasteiger partial charge < -0.3 is 19.9 Å². The van der Waals surface area contributed by atoms with Crippen molar-refractivity contribution in [1.82, 2.24) is 14.9 Å². The second-order valence-corrected chi connectivity index (χ2v) is 7.98. The molecule has 0 spiro atoms. The van der Waals surface area contributed by atoms with Crippen molar-refractivity contribution in [2.75, 3.05) is 24.5 Å². The average Bonchev–Trinajstić information content (AvgIpc) is 3.60. The van der Waals surface area contributed by atoms with Crippen LogP contribution in [0, 0.1) is 11.6 Å². The average molecular weight is 426 g/mol. The van der Waals surface area contributed by atoms with E-state index in [0.29, 0.717) is 25.3 Å². The summed E-state index contributed by atoms with van der Waals surface area (Å²) in [5, 5.41) is 12.7. The van der Waals surface area contributed by atoms with Crippen LogP contribution in [-0.2, 0) is 0 Å². The van der Waals surface area contributed by atoms with Crippen LogP contribution in [0.4, 0.5) is 14.6 Å². The molecule has 0 bridgehead atoms. The van der Waals surface area contributed by atoms with Crippen molar-refractivity contribution in [2.45, 2.75) is 24.9 Å². The first kappa shape index (κ1) is 19.6. The Morgan fingerprint density at radius 2 is 1.94 bits per heavy atom. The van der Waals surface area contributed by atoms with E-state index in [4.69, 9.17) is 0 Å². The van der Waals surface area contributed by atoms with Gasteiger partial charge in [-0.2, -0.15) is 0 Å². The minimum Gasteiger partial charge on any atom is -0.477 e. The predicted molar refractivity (Wildman–Crippen MR) is 111 cm³/mol. The van der Waals surface area contributed by atoms with Crippen LogP contribution in [0.15, 0.2) is 41.3 Å². The minimum absolute atomic E-state index is 0.0294. The van der Waals surface area contributed by atoms with E-state index < -0.39 is 17.2 Å². The quantitative estimate of drug-likeness (QED) is 0.667. The lowest BCUT2D eigenvalue weighted by atomic mass is 10.0. The lowest BCUT2D eigenvalue weighted by molar-refractivity contribution is 0.0695. The molecular weight excluding hydrogens is 406 g/mol. The van der Waals surface area contributed by atoms with Crippen molar-refractivity contribution in [1.29, 1.82) is 0 Å². The third-order valence-corrected chi connectivity index (χ3v) is 5.86. The molecule has 1 aliphatic heterocycles. The number of halogens is 2. The molecule has 0 amide bonds. The molecule has 160 valence electrons. The molecule has 1 saturated carbocycles. The summed E-state index contributed by atoms with van der Waals surface area (Å²) in [6, 6.07) is 7.18. The number of carboxylic acid groups (broad SMARTS) is 1. The number of carboxylic acids is 1. The smallest absolute Gasteiger partial charge is 0.341 e. The van der Waals surface area contributed by atoms with Crippen LogP contribution in [0.3, 0.4) is 0 Å². The summed E-state index contributed by atoms with van der Waals surface area (Å²) in [5.74, 6) is -2.21. The molecule has 31 heavy (non-hydrogen) atoms. The van der Waals surface area contributed by atoms with Gasteiger partial charge in [0.2, 0.25) is 5.43 Å². The highest BCUT2D eigenvalue weighted by molar-refractivity contribution is 5.92. The number of piperazine rings is 1. The molecule has 3 heterocycles. The zero-order valence-corrected chi connectivity index (χ0v) is 16.5. The number of carbonyl (C=O) groups is 1. The van der Waals surface area contributed by atoms with Gasteiger partial charge in [-0.3, -0.25) is 4.79 Å². The zero-order chi connectivity index (χ0) is 21.7. The van der Waals surface area contributed by atoms with Gasteiger partial charge in [0.05, 0.1) is 5.39 Å². The lowest BCUT2D eigenvalue weighted by Gasteiger charge is -2.35. The summed E-state index contributed by atoms with van der Waals surface area (Å²) in [4.78, 5) is 30.4. The van der Waals surface area contributed by atoms with E-state index in [0.717, 1.165) is 24.5 Å². The van der Waals surface area contributed by atoms with Gasteiger partial charge in [0.15, 0.2) is 11.6 Å². The third-order valence-electron chi connectivity index (χ3n) is 5.86. The fraction of sp³-hybridized carbons (Fsp3) is 0.318. The van der Waals surface area contributed by atoms with Gasteiger partial charge in [-0.05, 0) is 36.6 Å². The molecule has 9 heteroatoms. The van der Waals surface area contributed by atoms with Crippen LogP contribution >= 0.6 is 0 Å². The summed E-state index contributed by atoms with van der Waals surface area (Å²) in [5.41, 5.74) is 0.0628. The Labute approximate surface area is 175 Å². The van der Waals surface area contributed by atoms with E-state index in [-0.39, 0.29) is 34.7 Å². The lowest BCUT2D eigenvalue weighted by Crippen LogP contribution is -2.46. The van der Waals surface area contributed by atoms with Gasteiger partial charge in [-0.1, -0.05) is 12.1 Å². The van der Waals surface area contributed by atoms with Crippen molar-refractivity contribution >= 4 is 22.8 Å². The highest BCUT2D eigenvalue weighted by Gasteiger charge is 2.30. The van der Waals surface area contributed by atoms with Gasteiger partial charge in [0, 0.05) is 37.9 Å². The van der Waals surface area contributed by atoms with Crippen LogP contribution in [0.25, 0.3) is 11.0 Å². The van der Waals surface area contributed by atoms with Gasteiger partial charge in [0.25, 0.3) is 0 Å². The van der Waals surface area contributed by atoms with E-state index in [1.54, 1.807) is 21.6 Å². The number of hydrogen-bond donors (Lipinski definition) is 2. The van der Waals surface area contributed by atoms with Crippen LogP contribution in [-0.4, -0.2) is 40.3 Å². The molecule has 1 aliphatic carbocycles. The number of aromatic nitrogens is 2. The molecule has 5 rings (SSSR count). The molecule has 2 N–H and O–H groups in total. The highest BCUT2D eigenvalue weighted by Crippen LogP contribution is 2.37. The summed E-state index contributed by atoms with van der Waals surface area (Å²) in [6.45, 7) is 1.50. The zero-order valence-electron chi connectivity index (χ0n) is 16.5. The Kier molecular flexibility index (Phi) is 4.70. The Morgan fingerprint density at radius 1 is 1.19 bits per heavy atom. The maximum Gasteiger partial charge on any atom is 0.341 e. The first-order chi connectivity index (χ1) is 14.9. The molecule has 1 aromatic carbocycles. The number of rotatable bonds is 4. The number of fused-ring (bicyclic) bond motifs is 1. The number of nitrogens with zero attached hydrogens (tertiary/aromatic N) is 3. The Bertz CT molecular complexity index is 1240. The first-order valence-corrected chi connectivity index (χ1v) is 10.1. The topological polar surface area (TPSA) is 87.5 Å². The van der Waals surface area contributed by atoms with E-state index in [2.05, 4.69) is 10.3 Å². The summed E-state index contributed by atoms with van der Waals surface area (Å²) >= 11 is 0. The van der Waals surface area contributed by atoms with Crippen molar-refractivity contribution in [3.8, 4) is 0 Å². The highest BCUT2D eigenvalue weighted by atomic mass is 19.1. The second-order valence-electron chi connectivity index (χ2n) is 7.98. The third kappa shape index (κ3) is 3.54. The Morgan fingerprint density at radius 3 is 2.61 bits per heavy atom. The number of hydrogen-bond acceptors (Lipinski definition) is 5. The molecule has 2 aromatic heterocycles. The normalized spacial score (nSPS) is 19.0. The Balaban J connectivity index is 1.57. The van der Waals surface area contributed by atoms with Crippen molar-refractivity contribution < 1.29 is 18.7 Å². The van der Waals surface area contributed by atoms with Crippen molar-refractivity contribution in [3.05, 3.63) is 69.5 Å². The van der Waals surface area contributed by atoms with Gasteiger partial charge in [0.1, 0.15) is 17.0 Å². The maximum atomic E-state index is 15.1. The monoisotopic (exact) mass is 426 g/mol. The van der Waals surface area contributed by atoms with E-state index in [9.17, 15) is 19.1 Å². The Hall–Kier alpha value is -3.33. The molecule has 1 unspecified atom stereocenters. The second kappa shape index (κ2) is 7.42. The van der Waals surface area contributed by atoms with Crippen molar-refractivity contribution in [2.24, 2.45) is 0 Å². The molecule has 3 aromatic rings.